The number of carbonyl (C=O) groups excluding carboxylic acids is 1. The van der Waals surface area contributed by atoms with Gasteiger partial charge in [0, 0.05) is 6.54 Å². The summed E-state index contributed by atoms with van der Waals surface area (Å²) in [6.07, 6.45) is 0. The van der Waals surface area contributed by atoms with Gasteiger partial charge in [-0.15, -0.1) is 0 Å². The Labute approximate surface area is 79.5 Å². The molecular weight excluding hydrogens is 166 g/mol. The fourth-order valence-electron chi connectivity index (χ4n) is 0.621. The highest BCUT2D eigenvalue weighted by molar-refractivity contribution is 5.93. The molecular formula is C10H17NO2. The Morgan fingerprint density at radius 3 is 2.54 bits per heavy atom. The number of nitrogens with one attached hydrogen (secondary N) is 1. The van der Waals surface area contributed by atoms with Crippen molar-refractivity contribution in [3.8, 4) is 11.8 Å². The van der Waals surface area contributed by atoms with Crippen molar-refractivity contribution >= 4 is 5.91 Å². The molecule has 3 nitrogen and oxygen atoms in total. The Hall–Kier alpha value is -1.01. The lowest BCUT2D eigenvalue weighted by Crippen LogP contribution is -2.43. The van der Waals surface area contributed by atoms with E-state index in [0.717, 1.165) is 0 Å². The zero-order valence-corrected chi connectivity index (χ0v) is 8.64. The summed E-state index contributed by atoms with van der Waals surface area (Å²) in [6.45, 7) is 7.32. The number of rotatable bonds is 3. The van der Waals surface area contributed by atoms with Gasteiger partial charge in [-0.25, -0.2) is 0 Å². The van der Waals surface area contributed by atoms with E-state index in [0.29, 0.717) is 0 Å². The Bertz CT molecular complexity index is 233. The van der Waals surface area contributed by atoms with Crippen LogP contribution in [0.5, 0.6) is 0 Å². The smallest absolute Gasteiger partial charge is 0.295 e. The summed E-state index contributed by atoms with van der Waals surface area (Å²) in [5.74, 6) is 4.59. The molecule has 0 radical (unpaired) electrons. The molecule has 0 aromatic carbocycles. The standard InChI is InChI=1S/C10H17NO2/c1-5-6-9(12)11-7-10(4,13)8(2)3/h8,13H,7H2,1-4H3,(H,11,12). The van der Waals surface area contributed by atoms with Crippen LogP contribution in [0.25, 0.3) is 0 Å². The van der Waals surface area contributed by atoms with Crippen molar-refractivity contribution in [2.24, 2.45) is 5.92 Å². The lowest BCUT2D eigenvalue weighted by molar-refractivity contribution is -0.117. The second-order valence-electron chi connectivity index (χ2n) is 3.57. The number of aliphatic hydroxyl groups is 1. The van der Waals surface area contributed by atoms with Crippen LogP contribution < -0.4 is 5.32 Å². The van der Waals surface area contributed by atoms with Crippen LogP contribution in [0.1, 0.15) is 27.7 Å². The molecule has 0 saturated carbocycles. The van der Waals surface area contributed by atoms with E-state index in [4.69, 9.17) is 0 Å². The van der Waals surface area contributed by atoms with E-state index < -0.39 is 5.60 Å². The van der Waals surface area contributed by atoms with Crippen LogP contribution in [0.2, 0.25) is 0 Å². The van der Waals surface area contributed by atoms with Crippen molar-refractivity contribution in [1.82, 2.24) is 5.32 Å². The first kappa shape index (κ1) is 12.0. The molecule has 1 amide bonds. The minimum absolute atomic E-state index is 0.0994. The normalized spacial score (nSPS) is 14.3. The summed E-state index contributed by atoms with van der Waals surface area (Å²) in [5.41, 5.74) is -0.870. The van der Waals surface area contributed by atoms with E-state index in [1.54, 1.807) is 13.8 Å². The van der Waals surface area contributed by atoms with Crippen LogP contribution in [0.3, 0.4) is 0 Å². The van der Waals surface area contributed by atoms with Gasteiger partial charge in [-0.2, -0.15) is 0 Å². The molecule has 0 fully saturated rings. The molecule has 0 saturated heterocycles. The third-order valence-corrected chi connectivity index (χ3v) is 2.09. The third kappa shape index (κ3) is 4.54. The molecule has 3 heteroatoms. The maximum absolute atomic E-state index is 10.9. The maximum Gasteiger partial charge on any atom is 0.295 e. The van der Waals surface area contributed by atoms with Gasteiger partial charge in [0.25, 0.3) is 5.91 Å². The van der Waals surface area contributed by atoms with Crippen molar-refractivity contribution in [3.05, 3.63) is 0 Å². The summed E-state index contributed by atoms with van der Waals surface area (Å²) >= 11 is 0. The molecule has 0 bridgehead atoms. The minimum atomic E-state index is -0.870. The summed E-state index contributed by atoms with van der Waals surface area (Å²) in [7, 11) is 0. The van der Waals surface area contributed by atoms with Gasteiger partial charge < -0.3 is 10.4 Å². The molecule has 2 N–H and O–H groups in total. The number of amides is 1. The van der Waals surface area contributed by atoms with Crippen molar-refractivity contribution in [2.75, 3.05) is 6.54 Å². The van der Waals surface area contributed by atoms with Crippen molar-refractivity contribution < 1.29 is 9.90 Å². The molecule has 1 atom stereocenters. The van der Waals surface area contributed by atoms with Gasteiger partial charge in [0.15, 0.2) is 0 Å². The fourth-order valence-corrected chi connectivity index (χ4v) is 0.621. The lowest BCUT2D eigenvalue weighted by atomic mass is 9.93. The Morgan fingerprint density at radius 1 is 1.62 bits per heavy atom. The molecule has 0 aliphatic rings. The number of carbonyl (C=O) groups is 1. The van der Waals surface area contributed by atoms with Gasteiger partial charge in [0.05, 0.1) is 5.60 Å². The monoisotopic (exact) mass is 183 g/mol. The summed E-state index contributed by atoms with van der Waals surface area (Å²) in [6, 6.07) is 0. The molecule has 0 aromatic rings. The third-order valence-electron chi connectivity index (χ3n) is 2.09. The average Bonchev–Trinajstić information content (AvgIpc) is 2.01. The lowest BCUT2D eigenvalue weighted by Gasteiger charge is -2.27. The van der Waals surface area contributed by atoms with Crippen LogP contribution in [0.4, 0.5) is 0 Å². The Balaban J connectivity index is 4.00. The van der Waals surface area contributed by atoms with E-state index in [1.807, 2.05) is 13.8 Å². The molecule has 1 unspecified atom stereocenters. The first-order valence-electron chi connectivity index (χ1n) is 4.33. The molecule has 0 aromatic heterocycles. The fraction of sp³-hybridized carbons (Fsp3) is 0.700. The molecule has 0 aliphatic heterocycles. The minimum Gasteiger partial charge on any atom is -0.388 e. The Kier molecular flexibility index (Phi) is 4.50. The molecule has 0 spiro atoms. The van der Waals surface area contributed by atoms with E-state index >= 15 is 0 Å². The summed E-state index contributed by atoms with van der Waals surface area (Å²) < 4.78 is 0. The first-order chi connectivity index (χ1) is 5.90. The van der Waals surface area contributed by atoms with E-state index in [9.17, 15) is 9.90 Å². The van der Waals surface area contributed by atoms with Gasteiger partial charge in [-0.3, -0.25) is 4.79 Å². The molecule has 0 rings (SSSR count). The number of hydrogen-bond donors (Lipinski definition) is 2. The van der Waals surface area contributed by atoms with Crippen LogP contribution in [-0.2, 0) is 4.79 Å². The van der Waals surface area contributed by atoms with Gasteiger partial charge in [0.2, 0.25) is 0 Å². The zero-order valence-electron chi connectivity index (χ0n) is 8.64. The van der Waals surface area contributed by atoms with Crippen LogP contribution in [0, 0.1) is 17.8 Å². The second-order valence-corrected chi connectivity index (χ2v) is 3.57. The SMILES string of the molecule is CC#CC(=O)NCC(C)(O)C(C)C. The highest BCUT2D eigenvalue weighted by Crippen LogP contribution is 2.14. The van der Waals surface area contributed by atoms with Crippen molar-refractivity contribution in [2.45, 2.75) is 33.3 Å². The summed E-state index contributed by atoms with van der Waals surface area (Å²) in [5, 5.41) is 12.3. The molecule has 13 heavy (non-hydrogen) atoms. The largest absolute Gasteiger partial charge is 0.388 e. The predicted octanol–water partition coefficient (Wildman–Crippen LogP) is 0.533. The van der Waals surface area contributed by atoms with Gasteiger partial charge >= 0.3 is 0 Å². The van der Waals surface area contributed by atoms with E-state index in [2.05, 4.69) is 17.2 Å². The van der Waals surface area contributed by atoms with Gasteiger partial charge in [-0.05, 0) is 25.7 Å². The van der Waals surface area contributed by atoms with Crippen molar-refractivity contribution in [3.63, 3.8) is 0 Å². The zero-order chi connectivity index (χ0) is 10.5. The average molecular weight is 183 g/mol. The van der Waals surface area contributed by atoms with Crippen LogP contribution >= 0.6 is 0 Å². The number of hydrogen-bond acceptors (Lipinski definition) is 2. The Morgan fingerprint density at radius 2 is 2.15 bits per heavy atom. The highest BCUT2D eigenvalue weighted by Gasteiger charge is 2.24. The maximum atomic E-state index is 10.9. The van der Waals surface area contributed by atoms with Gasteiger partial charge in [0.1, 0.15) is 0 Å². The highest BCUT2D eigenvalue weighted by atomic mass is 16.3. The quantitative estimate of drug-likeness (QED) is 0.627. The molecule has 0 aliphatic carbocycles. The van der Waals surface area contributed by atoms with Crippen LogP contribution in [0.15, 0.2) is 0 Å². The molecule has 0 heterocycles. The first-order valence-corrected chi connectivity index (χ1v) is 4.33. The van der Waals surface area contributed by atoms with Gasteiger partial charge in [-0.1, -0.05) is 19.8 Å². The van der Waals surface area contributed by atoms with E-state index in [-0.39, 0.29) is 18.4 Å². The molecule has 74 valence electrons. The topological polar surface area (TPSA) is 49.3 Å². The van der Waals surface area contributed by atoms with Crippen molar-refractivity contribution in [1.29, 1.82) is 0 Å². The van der Waals surface area contributed by atoms with E-state index in [1.165, 1.54) is 0 Å². The van der Waals surface area contributed by atoms with Crippen LogP contribution in [-0.4, -0.2) is 23.2 Å². The predicted molar refractivity (Wildman–Crippen MR) is 51.9 cm³/mol. The summed E-state index contributed by atoms with van der Waals surface area (Å²) in [4.78, 5) is 10.9. The second kappa shape index (κ2) is 4.88.